The van der Waals surface area contributed by atoms with Gasteiger partial charge in [-0.2, -0.15) is 10.2 Å². The highest BCUT2D eigenvalue weighted by Gasteiger charge is 2.62. The number of nitrogens with zero attached hydrogens (tertiary/aromatic N) is 4. The predicted molar refractivity (Wildman–Crippen MR) is 151 cm³/mol. The van der Waals surface area contributed by atoms with E-state index in [0.717, 1.165) is 12.8 Å². The molecule has 5 N–H and O–H groups in total. The third kappa shape index (κ3) is 6.57. The molecule has 14 nitrogen and oxygen atoms in total. The third-order valence-electron chi connectivity index (χ3n) is 7.15. The van der Waals surface area contributed by atoms with E-state index in [1.807, 2.05) is 13.8 Å². The molecule has 0 radical (unpaired) electrons. The average Bonchev–Trinajstić information content (AvgIpc) is 3.52. The van der Waals surface area contributed by atoms with Crippen LogP contribution in [0, 0.1) is 12.5 Å². The standard InChI is InChI=1S/C27H35N6O8P/c1-5-18(6-2)14-38-26(36)17(3)32-42(37,41-19-10-8-7-9-11-19)39-15-27(29-4)24(35)22(34)23(40-27)20-12-13-21-25(28)30-16-31-33(20)21/h7-13,16-18,22-24,34-35H,5-6,14-15H2,1-3H3,(H,32,37)(H2,28,30,31)/t17-,22-,23-,24-,27+,42?/m0/s1. The van der Waals surface area contributed by atoms with Gasteiger partial charge in [-0.25, -0.2) is 20.6 Å². The molecule has 1 aromatic carbocycles. The maximum absolute atomic E-state index is 14.0. The number of aliphatic hydroxyl groups is 2. The molecule has 0 saturated carbocycles. The SMILES string of the molecule is [C-]#[N+][C@]1(COP(=O)(N[C@@H](C)C(=O)OCC(CC)CC)Oc2ccccc2)O[C@@H](c2ccc3c(N)ncnn23)[C@H](O)[C@@H]1O. The van der Waals surface area contributed by atoms with Crippen LogP contribution in [0.5, 0.6) is 5.75 Å². The van der Waals surface area contributed by atoms with Crippen LogP contribution in [0.1, 0.15) is 45.4 Å². The van der Waals surface area contributed by atoms with Crippen LogP contribution in [0.3, 0.4) is 0 Å². The summed E-state index contributed by atoms with van der Waals surface area (Å²) in [6.07, 6.45) is -1.71. The highest BCUT2D eigenvalue weighted by atomic mass is 31.2. The highest BCUT2D eigenvalue weighted by molar-refractivity contribution is 7.52. The Bertz CT molecular complexity index is 1460. The molecule has 0 bridgehead atoms. The first-order valence-corrected chi connectivity index (χ1v) is 15.0. The van der Waals surface area contributed by atoms with Crippen molar-refractivity contribution in [3.05, 3.63) is 65.9 Å². The molecule has 226 valence electrons. The Morgan fingerprint density at radius 2 is 1.98 bits per heavy atom. The monoisotopic (exact) mass is 602 g/mol. The van der Waals surface area contributed by atoms with Gasteiger partial charge in [-0.15, -0.1) is 0 Å². The van der Waals surface area contributed by atoms with Crippen molar-refractivity contribution in [2.75, 3.05) is 18.9 Å². The zero-order valence-corrected chi connectivity index (χ0v) is 24.4. The van der Waals surface area contributed by atoms with E-state index in [4.69, 9.17) is 30.8 Å². The van der Waals surface area contributed by atoms with Crippen LogP contribution in [0.25, 0.3) is 10.4 Å². The quantitative estimate of drug-likeness (QED) is 0.128. The molecule has 0 spiro atoms. The molecule has 42 heavy (non-hydrogen) atoms. The van der Waals surface area contributed by atoms with Gasteiger partial charge in [0.1, 0.15) is 35.8 Å². The van der Waals surface area contributed by atoms with Crippen molar-refractivity contribution in [3.63, 3.8) is 0 Å². The topological polar surface area (TPSA) is 184 Å². The fraction of sp³-hybridized carbons (Fsp3) is 0.481. The third-order valence-corrected chi connectivity index (χ3v) is 8.77. The number of para-hydroxylation sites is 1. The molecule has 1 unspecified atom stereocenters. The number of nitrogen functional groups attached to an aromatic ring is 1. The molecule has 1 saturated heterocycles. The molecular formula is C27H35N6O8P. The molecule has 3 aromatic rings. The molecule has 0 aliphatic carbocycles. The second-order valence-corrected chi connectivity index (χ2v) is 11.7. The number of carbonyl (C=O) groups is 1. The minimum atomic E-state index is -4.40. The van der Waals surface area contributed by atoms with Crippen molar-refractivity contribution in [1.29, 1.82) is 0 Å². The number of benzene rings is 1. The molecule has 15 heteroatoms. The predicted octanol–water partition coefficient (Wildman–Crippen LogP) is 2.88. The zero-order valence-electron chi connectivity index (χ0n) is 23.5. The molecular weight excluding hydrogens is 567 g/mol. The highest BCUT2D eigenvalue weighted by Crippen LogP contribution is 2.49. The summed E-state index contributed by atoms with van der Waals surface area (Å²) in [5.74, 6) is -0.146. The summed E-state index contributed by atoms with van der Waals surface area (Å²) < 4.78 is 37.9. The molecule has 1 aliphatic heterocycles. The summed E-state index contributed by atoms with van der Waals surface area (Å²) in [5, 5.41) is 28.6. The maximum atomic E-state index is 14.0. The van der Waals surface area contributed by atoms with E-state index in [-0.39, 0.29) is 24.1 Å². The van der Waals surface area contributed by atoms with Crippen LogP contribution in [0.2, 0.25) is 0 Å². The lowest BCUT2D eigenvalue weighted by atomic mass is 10.0. The lowest BCUT2D eigenvalue weighted by Crippen LogP contribution is -2.45. The number of aliphatic hydroxyl groups excluding tert-OH is 2. The van der Waals surface area contributed by atoms with Gasteiger partial charge in [0.2, 0.25) is 0 Å². The van der Waals surface area contributed by atoms with E-state index in [2.05, 4.69) is 20.0 Å². The van der Waals surface area contributed by atoms with Gasteiger partial charge in [0.05, 0.1) is 12.3 Å². The molecule has 4 rings (SSSR count). The minimum absolute atomic E-state index is 0.158. The number of hydrogen-bond acceptors (Lipinski definition) is 11. The van der Waals surface area contributed by atoms with E-state index in [1.165, 1.54) is 29.9 Å². The van der Waals surface area contributed by atoms with E-state index in [9.17, 15) is 19.6 Å². The summed E-state index contributed by atoms with van der Waals surface area (Å²) in [6, 6.07) is 10.1. The summed E-state index contributed by atoms with van der Waals surface area (Å²) in [7, 11) is -4.40. The number of rotatable bonds is 13. The van der Waals surface area contributed by atoms with Gasteiger partial charge in [0.25, 0.3) is 0 Å². The largest absolute Gasteiger partial charge is 0.464 e. The summed E-state index contributed by atoms with van der Waals surface area (Å²) >= 11 is 0. The molecule has 1 fully saturated rings. The van der Waals surface area contributed by atoms with Crippen LogP contribution in [0.15, 0.2) is 48.8 Å². The Morgan fingerprint density at radius 1 is 1.26 bits per heavy atom. The maximum Gasteiger partial charge on any atom is 0.459 e. The average molecular weight is 603 g/mol. The Labute approximate surface area is 243 Å². The van der Waals surface area contributed by atoms with Crippen molar-refractivity contribution >= 4 is 25.1 Å². The minimum Gasteiger partial charge on any atom is -0.464 e. The van der Waals surface area contributed by atoms with Crippen LogP contribution >= 0.6 is 7.75 Å². The second-order valence-electron chi connectivity index (χ2n) is 9.97. The number of esters is 1. The first-order chi connectivity index (χ1) is 20.1. The van der Waals surface area contributed by atoms with E-state index >= 15 is 0 Å². The van der Waals surface area contributed by atoms with Gasteiger partial charge in [-0.3, -0.25) is 18.9 Å². The van der Waals surface area contributed by atoms with Crippen molar-refractivity contribution in [1.82, 2.24) is 19.7 Å². The van der Waals surface area contributed by atoms with Gasteiger partial charge in [0, 0.05) is 0 Å². The fourth-order valence-corrected chi connectivity index (χ4v) is 6.00. The lowest BCUT2D eigenvalue weighted by molar-refractivity contribution is -0.146. The van der Waals surface area contributed by atoms with E-state index < -0.39 is 50.4 Å². The number of nitrogens with one attached hydrogen (secondary N) is 1. The Morgan fingerprint density at radius 3 is 2.64 bits per heavy atom. The summed E-state index contributed by atoms with van der Waals surface area (Å²) in [4.78, 5) is 20.1. The number of aromatic nitrogens is 3. The first-order valence-electron chi connectivity index (χ1n) is 13.5. The summed E-state index contributed by atoms with van der Waals surface area (Å²) in [6.45, 7) is 12.7. The molecule has 6 atom stereocenters. The Kier molecular flexibility index (Phi) is 9.83. The van der Waals surface area contributed by atoms with Crippen LogP contribution in [-0.2, 0) is 23.4 Å². The number of fused-ring (bicyclic) bond motifs is 1. The van der Waals surface area contributed by atoms with Crippen LogP contribution in [0.4, 0.5) is 5.82 Å². The normalized spacial score (nSPS) is 24.3. The number of ether oxygens (including phenoxy) is 2. The van der Waals surface area contributed by atoms with E-state index in [1.54, 1.807) is 30.3 Å². The van der Waals surface area contributed by atoms with Crippen molar-refractivity contribution in [2.45, 2.75) is 63.7 Å². The molecule has 2 aromatic heterocycles. The molecule has 0 amide bonds. The molecule has 3 heterocycles. The lowest BCUT2D eigenvalue weighted by Gasteiger charge is -2.26. The Hall–Kier alpha value is -3.57. The second kappa shape index (κ2) is 13.2. The smallest absolute Gasteiger partial charge is 0.459 e. The van der Waals surface area contributed by atoms with Crippen molar-refractivity contribution < 1.29 is 38.1 Å². The van der Waals surface area contributed by atoms with Crippen molar-refractivity contribution in [3.8, 4) is 5.75 Å². The van der Waals surface area contributed by atoms with E-state index in [0.29, 0.717) is 11.2 Å². The van der Waals surface area contributed by atoms with Gasteiger partial charge >= 0.3 is 19.4 Å². The van der Waals surface area contributed by atoms with Gasteiger partial charge in [-0.1, -0.05) is 44.9 Å². The van der Waals surface area contributed by atoms with Crippen LogP contribution in [-0.4, -0.2) is 68.0 Å². The molecule has 1 aliphatic rings. The van der Waals surface area contributed by atoms with Gasteiger partial charge in [0.15, 0.2) is 18.5 Å². The fourth-order valence-electron chi connectivity index (χ4n) is 4.49. The summed E-state index contributed by atoms with van der Waals surface area (Å²) in [5.41, 5.74) is 4.44. The number of anilines is 1. The zero-order chi connectivity index (χ0) is 30.5. The number of carbonyl (C=O) groups excluding carboxylic acids is 1. The Balaban J connectivity index is 1.55. The van der Waals surface area contributed by atoms with Crippen LogP contribution < -0.4 is 15.3 Å². The van der Waals surface area contributed by atoms with Crippen molar-refractivity contribution in [2.24, 2.45) is 5.92 Å². The first kappa shape index (κ1) is 31.4. The van der Waals surface area contributed by atoms with Gasteiger partial charge < -0.3 is 25.2 Å². The number of nitrogens with two attached hydrogens (primary N) is 1. The number of hydrogen-bond donors (Lipinski definition) is 4. The van der Waals surface area contributed by atoms with Gasteiger partial charge in [-0.05, 0) is 37.1 Å².